The molecule has 0 saturated heterocycles. The summed E-state index contributed by atoms with van der Waals surface area (Å²) < 4.78 is 3.31. The van der Waals surface area contributed by atoms with Crippen molar-refractivity contribution < 1.29 is 4.79 Å². The molecule has 2 aromatic rings. The van der Waals surface area contributed by atoms with Gasteiger partial charge in [0, 0.05) is 26.2 Å². The van der Waals surface area contributed by atoms with Gasteiger partial charge in [0.2, 0.25) is 0 Å². The SMILES string of the molecule is Cc1c(C(C)(C)C)s/c(=N\C(=O)c2cccc(I)c2)n1CC1CC1. The highest BCUT2D eigenvalue weighted by Crippen LogP contribution is 2.33. The van der Waals surface area contributed by atoms with Gasteiger partial charge in [-0.05, 0) is 71.9 Å². The first-order valence-corrected chi connectivity index (χ1v) is 10.2. The van der Waals surface area contributed by atoms with Crippen LogP contribution in [-0.4, -0.2) is 10.5 Å². The Kier molecular flexibility index (Phi) is 5.02. The summed E-state index contributed by atoms with van der Waals surface area (Å²) in [6.07, 6.45) is 2.58. The van der Waals surface area contributed by atoms with Crippen molar-refractivity contribution in [2.24, 2.45) is 10.9 Å². The Hall–Kier alpha value is -0.950. The number of carbonyl (C=O) groups is 1. The van der Waals surface area contributed by atoms with Gasteiger partial charge in [-0.15, -0.1) is 11.3 Å². The first kappa shape index (κ1) is 17.9. The van der Waals surface area contributed by atoms with Crippen LogP contribution >= 0.6 is 33.9 Å². The summed E-state index contributed by atoms with van der Waals surface area (Å²) in [5, 5.41) is 0. The molecule has 24 heavy (non-hydrogen) atoms. The van der Waals surface area contributed by atoms with E-state index in [1.165, 1.54) is 23.4 Å². The molecule has 5 heteroatoms. The Morgan fingerprint density at radius 1 is 1.38 bits per heavy atom. The normalized spacial score (nSPS) is 15.8. The lowest BCUT2D eigenvalue weighted by Gasteiger charge is -2.17. The van der Waals surface area contributed by atoms with Gasteiger partial charge in [0.15, 0.2) is 4.80 Å². The van der Waals surface area contributed by atoms with Gasteiger partial charge in [0.25, 0.3) is 5.91 Å². The van der Waals surface area contributed by atoms with E-state index in [2.05, 4.69) is 59.8 Å². The zero-order chi connectivity index (χ0) is 17.5. The molecule has 0 spiro atoms. The Labute approximate surface area is 161 Å². The van der Waals surface area contributed by atoms with Gasteiger partial charge in [0.05, 0.1) is 0 Å². The lowest BCUT2D eigenvalue weighted by molar-refractivity contribution is 0.0997. The molecule has 0 N–H and O–H groups in total. The van der Waals surface area contributed by atoms with Crippen LogP contribution in [0.4, 0.5) is 0 Å². The third-order valence-electron chi connectivity index (χ3n) is 4.25. The lowest BCUT2D eigenvalue weighted by Crippen LogP contribution is -2.19. The third-order valence-corrected chi connectivity index (χ3v) is 6.52. The Bertz CT molecular complexity index is 838. The molecule has 0 atom stereocenters. The maximum atomic E-state index is 12.6. The zero-order valence-electron chi connectivity index (χ0n) is 14.6. The highest BCUT2D eigenvalue weighted by atomic mass is 127. The first-order chi connectivity index (χ1) is 11.3. The molecule has 0 bridgehead atoms. The maximum absolute atomic E-state index is 12.6. The van der Waals surface area contributed by atoms with Crippen LogP contribution in [0.5, 0.6) is 0 Å². The minimum atomic E-state index is -0.153. The van der Waals surface area contributed by atoms with E-state index in [0.717, 1.165) is 20.8 Å². The summed E-state index contributed by atoms with van der Waals surface area (Å²) >= 11 is 3.89. The molecule has 1 aromatic carbocycles. The predicted octanol–water partition coefficient (Wildman–Crippen LogP) is 4.91. The number of rotatable bonds is 3. The van der Waals surface area contributed by atoms with Gasteiger partial charge in [-0.3, -0.25) is 4.79 Å². The van der Waals surface area contributed by atoms with Gasteiger partial charge in [-0.25, -0.2) is 0 Å². The third kappa shape index (κ3) is 3.99. The van der Waals surface area contributed by atoms with Crippen molar-refractivity contribution in [3.8, 4) is 0 Å². The van der Waals surface area contributed by atoms with Crippen molar-refractivity contribution in [2.45, 2.75) is 52.5 Å². The summed E-state index contributed by atoms with van der Waals surface area (Å²) in [6, 6.07) is 7.62. The van der Waals surface area contributed by atoms with E-state index in [0.29, 0.717) is 5.56 Å². The first-order valence-electron chi connectivity index (χ1n) is 8.31. The molecular weight excluding hydrogens is 431 g/mol. The molecule has 3 nitrogen and oxygen atoms in total. The molecule has 1 saturated carbocycles. The fraction of sp³-hybridized carbons (Fsp3) is 0.474. The van der Waals surface area contributed by atoms with Crippen LogP contribution in [0.3, 0.4) is 0 Å². The maximum Gasteiger partial charge on any atom is 0.279 e. The fourth-order valence-corrected chi connectivity index (χ4v) is 4.55. The van der Waals surface area contributed by atoms with Gasteiger partial charge in [-0.2, -0.15) is 4.99 Å². The molecule has 128 valence electrons. The second-order valence-corrected chi connectivity index (χ2v) is 9.75. The fourth-order valence-electron chi connectivity index (χ4n) is 2.81. The Morgan fingerprint density at radius 2 is 2.08 bits per heavy atom. The molecule has 1 aliphatic rings. The second kappa shape index (κ2) is 6.75. The van der Waals surface area contributed by atoms with Crippen molar-refractivity contribution in [2.75, 3.05) is 0 Å². The number of nitrogens with zero attached hydrogens (tertiary/aromatic N) is 2. The second-order valence-electron chi connectivity index (χ2n) is 7.53. The lowest BCUT2D eigenvalue weighted by atomic mass is 9.93. The van der Waals surface area contributed by atoms with Crippen LogP contribution in [0.25, 0.3) is 0 Å². The van der Waals surface area contributed by atoms with E-state index in [1.54, 1.807) is 11.3 Å². The minimum absolute atomic E-state index is 0.0684. The summed E-state index contributed by atoms with van der Waals surface area (Å²) in [7, 11) is 0. The van der Waals surface area contributed by atoms with Gasteiger partial charge in [-0.1, -0.05) is 26.8 Å². The number of thiazole rings is 1. The van der Waals surface area contributed by atoms with Crippen molar-refractivity contribution >= 4 is 39.8 Å². The molecule has 1 aliphatic carbocycles. The molecule has 1 aromatic heterocycles. The van der Waals surface area contributed by atoms with E-state index in [-0.39, 0.29) is 11.3 Å². The minimum Gasteiger partial charge on any atom is -0.320 e. The molecule has 1 fully saturated rings. The van der Waals surface area contributed by atoms with E-state index in [9.17, 15) is 4.79 Å². The summed E-state index contributed by atoms with van der Waals surface area (Å²) in [5.74, 6) is 0.595. The van der Waals surface area contributed by atoms with Crippen LogP contribution < -0.4 is 4.80 Å². The zero-order valence-corrected chi connectivity index (χ0v) is 17.6. The smallest absolute Gasteiger partial charge is 0.279 e. The molecule has 0 aliphatic heterocycles. The van der Waals surface area contributed by atoms with Gasteiger partial charge in [0.1, 0.15) is 0 Å². The van der Waals surface area contributed by atoms with Crippen molar-refractivity contribution in [3.63, 3.8) is 0 Å². The largest absolute Gasteiger partial charge is 0.320 e. The number of carbonyl (C=O) groups excluding carboxylic acids is 1. The topological polar surface area (TPSA) is 34.4 Å². The predicted molar refractivity (Wildman–Crippen MR) is 108 cm³/mol. The van der Waals surface area contributed by atoms with E-state index < -0.39 is 0 Å². The van der Waals surface area contributed by atoms with Crippen LogP contribution in [0.15, 0.2) is 29.3 Å². The highest BCUT2D eigenvalue weighted by Gasteiger charge is 2.27. The van der Waals surface area contributed by atoms with E-state index in [4.69, 9.17) is 0 Å². The van der Waals surface area contributed by atoms with E-state index in [1.807, 2.05) is 24.3 Å². The highest BCUT2D eigenvalue weighted by molar-refractivity contribution is 14.1. The molecule has 0 radical (unpaired) electrons. The quantitative estimate of drug-likeness (QED) is 0.607. The average Bonchev–Trinajstić information content (AvgIpc) is 3.25. The molecule has 1 amide bonds. The molecular formula is C19H23IN2OS. The van der Waals surface area contributed by atoms with Crippen LogP contribution in [0.2, 0.25) is 0 Å². The Morgan fingerprint density at radius 3 is 2.67 bits per heavy atom. The Balaban J connectivity index is 2.06. The number of hydrogen-bond donors (Lipinski definition) is 0. The van der Waals surface area contributed by atoms with Crippen LogP contribution in [0, 0.1) is 16.4 Å². The van der Waals surface area contributed by atoms with Crippen LogP contribution in [0.1, 0.15) is 54.5 Å². The molecule has 0 unspecified atom stereocenters. The number of hydrogen-bond acceptors (Lipinski definition) is 2. The van der Waals surface area contributed by atoms with E-state index >= 15 is 0 Å². The summed E-state index contributed by atoms with van der Waals surface area (Å²) in [4.78, 5) is 19.3. The summed E-state index contributed by atoms with van der Waals surface area (Å²) in [6.45, 7) is 9.81. The average molecular weight is 454 g/mol. The molecule has 3 rings (SSSR count). The van der Waals surface area contributed by atoms with Crippen molar-refractivity contribution in [3.05, 3.63) is 48.8 Å². The monoisotopic (exact) mass is 454 g/mol. The number of halogens is 1. The number of benzene rings is 1. The number of amides is 1. The standard InChI is InChI=1S/C19H23IN2OS/c1-12-16(19(2,3)4)24-18(22(12)11-13-8-9-13)21-17(23)14-6-5-7-15(20)10-14/h5-7,10,13H,8-9,11H2,1-4H3/b21-18-. The van der Waals surface area contributed by atoms with Gasteiger partial charge < -0.3 is 4.57 Å². The van der Waals surface area contributed by atoms with Crippen LogP contribution in [-0.2, 0) is 12.0 Å². The molecule has 1 heterocycles. The van der Waals surface area contributed by atoms with Crippen molar-refractivity contribution in [1.29, 1.82) is 0 Å². The van der Waals surface area contributed by atoms with Crippen molar-refractivity contribution in [1.82, 2.24) is 4.57 Å². The summed E-state index contributed by atoms with van der Waals surface area (Å²) in [5.41, 5.74) is 1.98. The number of aromatic nitrogens is 1. The van der Waals surface area contributed by atoms with Gasteiger partial charge >= 0.3 is 0 Å².